The average Bonchev–Trinajstić information content (AvgIpc) is 2.54. The summed E-state index contributed by atoms with van der Waals surface area (Å²) in [6.45, 7) is 5.11. The molecular weight excluding hydrogens is 290 g/mol. The van der Waals surface area contributed by atoms with Crippen LogP contribution < -0.4 is 5.32 Å². The smallest absolute Gasteiger partial charge is 0.251 e. The Hall–Kier alpha value is -1.88. The Bertz CT molecular complexity index is 542. The van der Waals surface area contributed by atoms with E-state index >= 15 is 0 Å². The van der Waals surface area contributed by atoms with Crippen LogP contribution in [0, 0.1) is 5.92 Å². The average molecular weight is 317 g/mol. The van der Waals surface area contributed by atoms with E-state index in [4.69, 9.17) is 0 Å². The van der Waals surface area contributed by atoms with Crippen molar-refractivity contribution < 1.29 is 9.59 Å². The molecule has 1 heterocycles. The van der Waals surface area contributed by atoms with Crippen LogP contribution in [-0.4, -0.2) is 55.3 Å². The second kappa shape index (κ2) is 8.11. The van der Waals surface area contributed by atoms with E-state index in [-0.39, 0.29) is 11.8 Å². The van der Waals surface area contributed by atoms with Gasteiger partial charge in [0, 0.05) is 32.2 Å². The molecule has 1 aromatic rings. The molecule has 1 N–H and O–H groups in total. The molecule has 1 fully saturated rings. The van der Waals surface area contributed by atoms with E-state index in [9.17, 15) is 9.59 Å². The summed E-state index contributed by atoms with van der Waals surface area (Å²) in [6.07, 6.45) is 2.33. The molecule has 23 heavy (non-hydrogen) atoms. The van der Waals surface area contributed by atoms with Crippen LogP contribution in [0.2, 0.25) is 0 Å². The minimum Gasteiger partial charge on any atom is -0.355 e. The van der Waals surface area contributed by atoms with Gasteiger partial charge in [-0.3, -0.25) is 14.5 Å². The number of carbonyl (C=O) groups is 2. The van der Waals surface area contributed by atoms with Crippen LogP contribution >= 0.6 is 0 Å². The van der Waals surface area contributed by atoms with Crippen molar-refractivity contribution in [1.82, 2.24) is 15.1 Å². The van der Waals surface area contributed by atoms with Gasteiger partial charge in [-0.1, -0.05) is 19.1 Å². The summed E-state index contributed by atoms with van der Waals surface area (Å²) in [5.41, 5.74) is 1.75. The van der Waals surface area contributed by atoms with Gasteiger partial charge in [-0.05, 0) is 43.5 Å². The molecule has 0 saturated carbocycles. The fraction of sp³-hybridized carbons (Fsp3) is 0.556. The topological polar surface area (TPSA) is 52.7 Å². The van der Waals surface area contributed by atoms with Crippen molar-refractivity contribution in [3.8, 4) is 0 Å². The van der Waals surface area contributed by atoms with Crippen molar-refractivity contribution in [2.45, 2.75) is 26.3 Å². The first-order valence-corrected chi connectivity index (χ1v) is 8.27. The summed E-state index contributed by atoms with van der Waals surface area (Å²) in [5, 5.41) is 2.61. The fourth-order valence-corrected chi connectivity index (χ4v) is 3.02. The molecule has 1 aliphatic rings. The largest absolute Gasteiger partial charge is 0.355 e. The van der Waals surface area contributed by atoms with Gasteiger partial charge in [0.25, 0.3) is 5.91 Å². The molecule has 0 spiro atoms. The minimum atomic E-state index is -0.0840. The second-order valence-electron chi connectivity index (χ2n) is 6.54. The maximum atomic E-state index is 12.4. The highest BCUT2D eigenvalue weighted by Gasteiger charge is 2.21. The van der Waals surface area contributed by atoms with Crippen LogP contribution in [-0.2, 0) is 11.3 Å². The maximum absolute atomic E-state index is 12.4. The van der Waals surface area contributed by atoms with Crippen molar-refractivity contribution in [3.63, 3.8) is 0 Å². The number of likely N-dealkylation sites (tertiary alicyclic amines) is 1. The molecule has 5 nitrogen and oxygen atoms in total. The van der Waals surface area contributed by atoms with Crippen molar-refractivity contribution in [2.24, 2.45) is 5.92 Å². The van der Waals surface area contributed by atoms with Crippen LogP contribution in [0.25, 0.3) is 0 Å². The predicted molar refractivity (Wildman–Crippen MR) is 91.1 cm³/mol. The first-order valence-electron chi connectivity index (χ1n) is 8.27. The number of rotatable bonds is 5. The lowest BCUT2D eigenvalue weighted by atomic mass is 10.0. The first kappa shape index (κ1) is 17.5. The number of hydrogen-bond acceptors (Lipinski definition) is 3. The molecular formula is C18H27N3O2. The van der Waals surface area contributed by atoms with E-state index in [1.807, 2.05) is 41.1 Å². The minimum absolute atomic E-state index is 0.0840. The number of benzene rings is 1. The van der Waals surface area contributed by atoms with E-state index < -0.39 is 0 Å². The molecule has 1 aromatic carbocycles. The van der Waals surface area contributed by atoms with Crippen molar-refractivity contribution in [1.29, 1.82) is 0 Å². The highest BCUT2D eigenvalue weighted by atomic mass is 16.2. The monoisotopic (exact) mass is 317 g/mol. The fourth-order valence-electron chi connectivity index (χ4n) is 3.02. The van der Waals surface area contributed by atoms with Gasteiger partial charge in [0.05, 0.1) is 6.54 Å². The quantitative estimate of drug-likeness (QED) is 0.900. The first-order chi connectivity index (χ1) is 11.0. The highest BCUT2D eigenvalue weighted by Crippen LogP contribution is 2.16. The molecule has 1 atom stereocenters. The third-order valence-electron chi connectivity index (χ3n) is 4.31. The zero-order valence-corrected chi connectivity index (χ0v) is 14.3. The van der Waals surface area contributed by atoms with E-state index in [1.54, 1.807) is 7.05 Å². The number of amides is 2. The Labute approximate surface area is 138 Å². The van der Waals surface area contributed by atoms with Crippen molar-refractivity contribution in [3.05, 3.63) is 35.4 Å². The summed E-state index contributed by atoms with van der Waals surface area (Å²) in [6, 6.07) is 7.51. The van der Waals surface area contributed by atoms with Gasteiger partial charge in [-0.2, -0.15) is 0 Å². The maximum Gasteiger partial charge on any atom is 0.251 e. The van der Waals surface area contributed by atoms with Crippen LogP contribution in [0.15, 0.2) is 24.3 Å². The molecule has 0 aliphatic carbocycles. The summed E-state index contributed by atoms with van der Waals surface area (Å²) in [7, 11) is 3.58. The second-order valence-corrected chi connectivity index (χ2v) is 6.54. The molecule has 2 rings (SSSR count). The Kier molecular flexibility index (Phi) is 6.16. The number of carbonyl (C=O) groups excluding carboxylic acids is 2. The van der Waals surface area contributed by atoms with Gasteiger partial charge in [0.15, 0.2) is 0 Å². The molecule has 2 amide bonds. The Morgan fingerprint density at radius 2 is 2.00 bits per heavy atom. The lowest BCUT2D eigenvalue weighted by Crippen LogP contribution is -2.43. The van der Waals surface area contributed by atoms with E-state index in [0.717, 1.165) is 25.1 Å². The molecule has 126 valence electrons. The highest BCUT2D eigenvalue weighted by molar-refractivity contribution is 5.93. The number of hydrogen-bond donors (Lipinski definition) is 1. The number of likely N-dealkylation sites (N-methyl/N-ethyl adjacent to an activating group) is 1. The number of nitrogens with one attached hydrogen (secondary N) is 1. The van der Waals surface area contributed by atoms with Crippen LogP contribution in [0.1, 0.15) is 35.7 Å². The zero-order valence-electron chi connectivity index (χ0n) is 14.3. The van der Waals surface area contributed by atoms with Gasteiger partial charge in [-0.15, -0.1) is 0 Å². The van der Waals surface area contributed by atoms with Crippen LogP contribution in [0.3, 0.4) is 0 Å². The summed E-state index contributed by atoms with van der Waals surface area (Å²) >= 11 is 0. The molecule has 5 heteroatoms. The Morgan fingerprint density at radius 1 is 1.30 bits per heavy atom. The van der Waals surface area contributed by atoms with Gasteiger partial charge in [-0.25, -0.2) is 0 Å². The lowest BCUT2D eigenvalue weighted by molar-refractivity contribution is -0.133. The standard InChI is InChI=1S/C18H27N3O2/c1-14-5-4-10-21(11-14)17(22)13-20(3)12-15-6-8-16(9-7-15)18(23)19-2/h6-9,14H,4-5,10-13H2,1-3H3,(H,19,23)/t14-/m1/s1. The van der Waals surface area contributed by atoms with Gasteiger partial charge < -0.3 is 10.2 Å². The van der Waals surface area contributed by atoms with E-state index in [2.05, 4.69) is 12.2 Å². The van der Waals surface area contributed by atoms with Gasteiger partial charge in [0.1, 0.15) is 0 Å². The SMILES string of the molecule is CNC(=O)c1ccc(CN(C)CC(=O)N2CCC[C@@H](C)C2)cc1. The Balaban J connectivity index is 1.85. The van der Waals surface area contributed by atoms with Crippen LogP contribution in [0.5, 0.6) is 0 Å². The van der Waals surface area contributed by atoms with E-state index in [1.165, 1.54) is 6.42 Å². The summed E-state index contributed by atoms with van der Waals surface area (Å²) in [4.78, 5) is 27.9. The lowest BCUT2D eigenvalue weighted by Gasteiger charge is -2.32. The normalized spacial score (nSPS) is 18.1. The van der Waals surface area contributed by atoms with Gasteiger partial charge >= 0.3 is 0 Å². The van der Waals surface area contributed by atoms with Crippen molar-refractivity contribution in [2.75, 3.05) is 33.7 Å². The summed E-state index contributed by atoms with van der Waals surface area (Å²) in [5.74, 6) is 0.732. The summed E-state index contributed by atoms with van der Waals surface area (Å²) < 4.78 is 0. The molecule has 0 unspecified atom stereocenters. The molecule has 1 saturated heterocycles. The molecule has 0 bridgehead atoms. The number of piperidine rings is 1. The van der Waals surface area contributed by atoms with E-state index in [0.29, 0.717) is 24.6 Å². The molecule has 0 radical (unpaired) electrons. The van der Waals surface area contributed by atoms with Gasteiger partial charge in [0.2, 0.25) is 5.91 Å². The molecule has 0 aromatic heterocycles. The predicted octanol–water partition coefficient (Wildman–Crippen LogP) is 1.74. The third-order valence-corrected chi connectivity index (χ3v) is 4.31. The Morgan fingerprint density at radius 3 is 2.61 bits per heavy atom. The molecule has 1 aliphatic heterocycles. The number of nitrogens with zero attached hydrogens (tertiary/aromatic N) is 2. The third kappa shape index (κ3) is 5.06. The van der Waals surface area contributed by atoms with Crippen molar-refractivity contribution >= 4 is 11.8 Å². The van der Waals surface area contributed by atoms with Crippen LogP contribution in [0.4, 0.5) is 0 Å². The zero-order chi connectivity index (χ0) is 16.8.